The zero-order valence-corrected chi connectivity index (χ0v) is 17.8. The molecule has 2 nitrogen and oxygen atoms in total. The minimum absolute atomic E-state index is 0.0227. The van der Waals surface area contributed by atoms with Gasteiger partial charge in [-0.15, -0.1) is 0 Å². The Balaban J connectivity index is 1.75. The highest BCUT2D eigenvalue weighted by molar-refractivity contribution is 6.30. The highest BCUT2D eigenvalue weighted by Gasteiger charge is 2.25. The van der Waals surface area contributed by atoms with Crippen molar-refractivity contribution in [2.24, 2.45) is 0 Å². The van der Waals surface area contributed by atoms with Gasteiger partial charge in [-0.3, -0.25) is 0 Å². The first-order chi connectivity index (χ1) is 14.7. The van der Waals surface area contributed by atoms with E-state index in [1.807, 2.05) is 60.7 Å². The molecular weight excluding hydrogens is 411 g/mol. The monoisotopic (exact) mass is 432 g/mol. The molecule has 150 valence electrons. The van der Waals surface area contributed by atoms with Crippen LogP contribution in [-0.4, -0.2) is 0 Å². The van der Waals surface area contributed by atoms with Gasteiger partial charge < -0.3 is 10.6 Å². The van der Waals surface area contributed by atoms with E-state index in [2.05, 4.69) is 59.2 Å². The number of hydrogen-bond donors (Lipinski definition) is 2. The van der Waals surface area contributed by atoms with E-state index in [0.717, 1.165) is 21.4 Å². The van der Waals surface area contributed by atoms with E-state index in [9.17, 15) is 0 Å². The molecule has 2 N–H and O–H groups in total. The molecule has 0 amide bonds. The lowest BCUT2D eigenvalue weighted by Gasteiger charge is -2.31. The second kappa shape index (κ2) is 9.71. The summed E-state index contributed by atoms with van der Waals surface area (Å²) < 4.78 is 0. The van der Waals surface area contributed by atoms with Gasteiger partial charge in [-0.1, -0.05) is 83.9 Å². The molecule has 0 aliphatic heterocycles. The van der Waals surface area contributed by atoms with Crippen LogP contribution in [0.3, 0.4) is 0 Å². The molecule has 30 heavy (non-hydrogen) atoms. The summed E-state index contributed by atoms with van der Waals surface area (Å²) in [6.45, 7) is 0. The maximum atomic E-state index is 6.09. The minimum Gasteiger partial charge on any atom is -0.376 e. The summed E-state index contributed by atoms with van der Waals surface area (Å²) in [7, 11) is 0. The normalized spacial score (nSPS) is 12.7. The summed E-state index contributed by atoms with van der Waals surface area (Å²) in [5, 5.41) is 8.85. The third kappa shape index (κ3) is 5.15. The highest BCUT2D eigenvalue weighted by Crippen LogP contribution is 2.35. The first kappa shape index (κ1) is 20.3. The van der Waals surface area contributed by atoms with Gasteiger partial charge in [0.05, 0.1) is 12.1 Å². The maximum absolute atomic E-state index is 6.09. The van der Waals surface area contributed by atoms with Crippen molar-refractivity contribution in [3.63, 3.8) is 0 Å². The fourth-order valence-corrected chi connectivity index (χ4v) is 3.74. The predicted octanol–water partition coefficient (Wildman–Crippen LogP) is 8.00. The zero-order valence-electron chi connectivity index (χ0n) is 16.3. The quantitative estimate of drug-likeness (QED) is 0.309. The number of hydrogen-bond acceptors (Lipinski definition) is 2. The number of anilines is 2. The second-order valence-electron chi connectivity index (χ2n) is 7.08. The molecule has 4 aromatic rings. The van der Waals surface area contributed by atoms with Gasteiger partial charge in [0.25, 0.3) is 0 Å². The Hall–Kier alpha value is -2.94. The van der Waals surface area contributed by atoms with Crippen molar-refractivity contribution in [2.45, 2.75) is 12.1 Å². The lowest BCUT2D eigenvalue weighted by atomic mass is 9.92. The van der Waals surface area contributed by atoms with Crippen molar-refractivity contribution < 1.29 is 0 Å². The van der Waals surface area contributed by atoms with Crippen LogP contribution in [0.15, 0.2) is 109 Å². The van der Waals surface area contributed by atoms with Gasteiger partial charge in [0.2, 0.25) is 0 Å². The van der Waals surface area contributed by atoms with Crippen molar-refractivity contribution in [3.8, 4) is 0 Å². The first-order valence-electron chi connectivity index (χ1n) is 9.83. The Bertz CT molecular complexity index is 961. The molecule has 0 fully saturated rings. The molecule has 0 spiro atoms. The van der Waals surface area contributed by atoms with Crippen LogP contribution in [0.2, 0.25) is 10.0 Å². The molecule has 0 heterocycles. The van der Waals surface area contributed by atoms with E-state index in [1.165, 1.54) is 11.1 Å². The molecular formula is C26H22Cl2N2. The summed E-state index contributed by atoms with van der Waals surface area (Å²) in [6, 6.07) is 36.5. The number of rotatable bonds is 7. The molecule has 0 saturated heterocycles. The summed E-state index contributed by atoms with van der Waals surface area (Å²) >= 11 is 12.2. The lowest BCUT2D eigenvalue weighted by molar-refractivity contribution is 0.650. The Morgan fingerprint density at radius 1 is 0.433 bits per heavy atom. The summed E-state index contributed by atoms with van der Waals surface area (Å²) in [5.74, 6) is 0. The van der Waals surface area contributed by atoms with E-state index in [-0.39, 0.29) is 12.1 Å². The third-order valence-electron chi connectivity index (χ3n) is 4.98. The molecule has 0 aliphatic rings. The van der Waals surface area contributed by atoms with Gasteiger partial charge in [0.15, 0.2) is 0 Å². The summed E-state index contributed by atoms with van der Waals surface area (Å²) in [5.41, 5.74) is 4.38. The maximum Gasteiger partial charge on any atom is 0.0757 e. The van der Waals surface area contributed by atoms with Crippen LogP contribution in [0.5, 0.6) is 0 Å². The topological polar surface area (TPSA) is 24.1 Å². The Morgan fingerprint density at radius 2 is 0.767 bits per heavy atom. The van der Waals surface area contributed by atoms with Crippen LogP contribution in [0.25, 0.3) is 0 Å². The fourth-order valence-electron chi connectivity index (χ4n) is 3.49. The van der Waals surface area contributed by atoms with Crippen LogP contribution in [0, 0.1) is 0 Å². The van der Waals surface area contributed by atoms with Crippen LogP contribution in [-0.2, 0) is 0 Å². The van der Waals surface area contributed by atoms with E-state index < -0.39 is 0 Å². The van der Waals surface area contributed by atoms with Crippen LogP contribution in [0.4, 0.5) is 11.4 Å². The summed E-state index contributed by atoms with van der Waals surface area (Å²) in [6.07, 6.45) is 0. The van der Waals surface area contributed by atoms with Gasteiger partial charge in [-0.25, -0.2) is 0 Å². The van der Waals surface area contributed by atoms with E-state index in [1.54, 1.807) is 0 Å². The highest BCUT2D eigenvalue weighted by atomic mass is 35.5. The van der Waals surface area contributed by atoms with Gasteiger partial charge in [-0.2, -0.15) is 0 Å². The molecule has 4 aromatic carbocycles. The molecule has 2 atom stereocenters. The largest absolute Gasteiger partial charge is 0.376 e. The Labute approximate surface area is 187 Å². The van der Waals surface area contributed by atoms with Crippen LogP contribution >= 0.6 is 23.2 Å². The SMILES string of the molecule is Clc1ccc(NC(c2ccccc2)C(Nc2ccc(Cl)cc2)c2ccccc2)cc1. The molecule has 4 heteroatoms. The Kier molecular flexibility index (Phi) is 6.58. The van der Waals surface area contributed by atoms with Crippen molar-refractivity contribution >= 4 is 34.6 Å². The zero-order chi connectivity index (χ0) is 20.8. The lowest BCUT2D eigenvalue weighted by Crippen LogP contribution is -2.25. The van der Waals surface area contributed by atoms with Crippen LogP contribution in [0.1, 0.15) is 23.2 Å². The average Bonchev–Trinajstić information content (AvgIpc) is 2.80. The number of halogens is 2. The smallest absolute Gasteiger partial charge is 0.0757 e. The van der Waals surface area contributed by atoms with Gasteiger partial charge in [0, 0.05) is 21.4 Å². The van der Waals surface area contributed by atoms with E-state index >= 15 is 0 Å². The van der Waals surface area contributed by atoms with Crippen molar-refractivity contribution in [3.05, 3.63) is 130 Å². The van der Waals surface area contributed by atoms with Crippen molar-refractivity contribution in [1.82, 2.24) is 0 Å². The fraction of sp³-hybridized carbons (Fsp3) is 0.0769. The van der Waals surface area contributed by atoms with Gasteiger partial charge in [-0.05, 0) is 59.7 Å². The second-order valence-corrected chi connectivity index (χ2v) is 7.95. The summed E-state index contributed by atoms with van der Waals surface area (Å²) in [4.78, 5) is 0. The van der Waals surface area contributed by atoms with E-state index in [4.69, 9.17) is 23.2 Å². The molecule has 0 aliphatic carbocycles. The number of benzene rings is 4. The molecule has 0 radical (unpaired) electrons. The average molecular weight is 433 g/mol. The minimum atomic E-state index is -0.0227. The van der Waals surface area contributed by atoms with Crippen LogP contribution < -0.4 is 10.6 Å². The molecule has 0 aromatic heterocycles. The van der Waals surface area contributed by atoms with Crippen molar-refractivity contribution in [2.75, 3.05) is 10.6 Å². The number of nitrogens with one attached hydrogen (secondary N) is 2. The molecule has 2 unspecified atom stereocenters. The molecule has 0 saturated carbocycles. The molecule has 4 rings (SSSR count). The van der Waals surface area contributed by atoms with E-state index in [0.29, 0.717) is 0 Å². The predicted molar refractivity (Wildman–Crippen MR) is 129 cm³/mol. The van der Waals surface area contributed by atoms with Crippen molar-refractivity contribution in [1.29, 1.82) is 0 Å². The van der Waals surface area contributed by atoms with Gasteiger partial charge >= 0.3 is 0 Å². The third-order valence-corrected chi connectivity index (χ3v) is 5.49. The molecule has 0 bridgehead atoms. The first-order valence-corrected chi connectivity index (χ1v) is 10.6. The standard InChI is InChI=1S/C26H22Cl2N2/c27-21-11-15-23(16-12-21)29-25(19-7-3-1-4-8-19)26(20-9-5-2-6-10-20)30-24-17-13-22(28)14-18-24/h1-18,25-26,29-30H. The Morgan fingerprint density at radius 3 is 1.10 bits per heavy atom. The van der Waals surface area contributed by atoms with Gasteiger partial charge in [0.1, 0.15) is 0 Å².